The van der Waals surface area contributed by atoms with E-state index in [4.69, 9.17) is 0 Å². The van der Waals surface area contributed by atoms with Crippen molar-refractivity contribution in [2.24, 2.45) is 0 Å². The van der Waals surface area contributed by atoms with Crippen LogP contribution in [0.2, 0.25) is 0 Å². The normalized spacial score (nSPS) is 15.8. The quantitative estimate of drug-likeness (QED) is 0.780. The number of nitrogens with one attached hydrogen (secondary N) is 2. The molecule has 1 aliphatic rings. The van der Waals surface area contributed by atoms with Crippen LogP contribution in [-0.2, 0) is 0 Å². The Morgan fingerprint density at radius 1 is 1.22 bits per heavy atom. The van der Waals surface area contributed by atoms with Gasteiger partial charge in [0, 0.05) is 30.6 Å². The Hall–Kier alpha value is -2.63. The molecule has 2 N–H and O–H groups in total. The molecule has 0 aromatic carbocycles. The van der Waals surface area contributed by atoms with Gasteiger partial charge in [-0.3, -0.25) is 14.2 Å². The minimum Gasteiger partial charge on any atom is -0.366 e. The number of fused-ring (bicyclic) bond motifs is 1. The summed E-state index contributed by atoms with van der Waals surface area (Å²) in [7, 11) is 0. The third kappa shape index (κ3) is 2.84. The number of nitrogens with zero attached hydrogens (tertiary/aromatic N) is 3. The second kappa shape index (κ2) is 5.87. The number of rotatable bonds is 3. The van der Waals surface area contributed by atoms with Gasteiger partial charge in [0.05, 0.1) is 18.1 Å². The van der Waals surface area contributed by atoms with Gasteiger partial charge < -0.3 is 10.3 Å². The number of pyridine rings is 1. The maximum absolute atomic E-state index is 11.4. The Balaban J connectivity index is 1.65. The summed E-state index contributed by atoms with van der Waals surface area (Å²) < 4.78 is 1.91. The molecule has 118 valence electrons. The summed E-state index contributed by atoms with van der Waals surface area (Å²) in [5.74, 6) is 0.810. The summed E-state index contributed by atoms with van der Waals surface area (Å²) in [4.78, 5) is 23.5. The molecule has 3 aromatic rings. The van der Waals surface area contributed by atoms with Crippen molar-refractivity contribution in [2.75, 3.05) is 5.32 Å². The SMILES string of the molecule is O=c1ccn2c(-c3cncc(NC4CCCCC4)n3)c[nH]c2c1. The molecule has 0 spiro atoms. The van der Waals surface area contributed by atoms with Gasteiger partial charge in [-0.15, -0.1) is 0 Å². The van der Waals surface area contributed by atoms with E-state index in [2.05, 4.69) is 20.3 Å². The number of aromatic amines is 1. The van der Waals surface area contributed by atoms with E-state index < -0.39 is 0 Å². The maximum atomic E-state index is 11.4. The molecule has 0 amide bonds. The van der Waals surface area contributed by atoms with Crippen LogP contribution < -0.4 is 10.7 Å². The van der Waals surface area contributed by atoms with Crippen LogP contribution in [0.1, 0.15) is 32.1 Å². The molecule has 6 nitrogen and oxygen atoms in total. The van der Waals surface area contributed by atoms with E-state index in [0.717, 1.165) is 22.9 Å². The van der Waals surface area contributed by atoms with Gasteiger partial charge in [-0.25, -0.2) is 4.98 Å². The van der Waals surface area contributed by atoms with Crippen LogP contribution in [0.3, 0.4) is 0 Å². The third-order valence-electron chi connectivity index (χ3n) is 4.40. The molecule has 0 atom stereocenters. The Morgan fingerprint density at radius 2 is 2.09 bits per heavy atom. The first-order chi connectivity index (χ1) is 11.3. The fourth-order valence-electron chi connectivity index (χ4n) is 3.23. The highest BCUT2D eigenvalue weighted by Crippen LogP contribution is 2.22. The van der Waals surface area contributed by atoms with Crippen LogP contribution in [-0.4, -0.2) is 25.4 Å². The number of anilines is 1. The molecule has 23 heavy (non-hydrogen) atoms. The number of hydrogen-bond acceptors (Lipinski definition) is 4. The first-order valence-corrected chi connectivity index (χ1v) is 8.08. The topological polar surface area (TPSA) is 75.1 Å². The van der Waals surface area contributed by atoms with Gasteiger partial charge in [-0.05, 0) is 12.8 Å². The summed E-state index contributed by atoms with van der Waals surface area (Å²) in [5, 5.41) is 3.50. The lowest BCUT2D eigenvalue weighted by atomic mass is 9.95. The molecule has 0 bridgehead atoms. The monoisotopic (exact) mass is 309 g/mol. The van der Waals surface area contributed by atoms with E-state index in [1.54, 1.807) is 30.7 Å². The molecule has 6 heteroatoms. The summed E-state index contributed by atoms with van der Waals surface area (Å²) in [6.45, 7) is 0. The Labute approximate surface area is 133 Å². The van der Waals surface area contributed by atoms with Crippen molar-refractivity contribution >= 4 is 11.5 Å². The van der Waals surface area contributed by atoms with E-state index in [1.807, 2.05) is 10.6 Å². The number of hydrogen-bond donors (Lipinski definition) is 2. The van der Waals surface area contributed by atoms with Crippen molar-refractivity contribution in [1.29, 1.82) is 0 Å². The van der Waals surface area contributed by atoms with Crippen molar-refractivity contribution < 1.29 is 0 Å². The average Bonchev–Trinajstić information content (AvgIpc) is 2.99. The van der Waals surface area contributed by atoms with Crippen molar-refractivity contribution in [3.05, 3.63) is 47.1 Å². The van der Waals surface area contributed by atoms with Crippen LogP contribution in [0.25, 0.3) is 17.0 Å². The first kappa shape index (κ1) is 14.0. The number of H-pyrrole nitrogens is 1. The van der Waals surface area contributed by atoms with E-state index in [-0.39, 0.29) is 5.43 Å². The highest BCUT2D eigenvalue weighted by atomic mass is 16.1. The van der Waals surface area contributed by atoms with Gasteiger partial charge >= 0.3 is 0 Å². The smallest absolute Gasteiger partial charge is 0.183 e. The van der Waals surface area contributed by atoms with Crippen molar-refractivity contribution in [2.45, 2.75) is 38.1 Å². The summed E-state index contributed by atoms with van der Waals surface area (Å²) in [6, 6.07) is 3.61. The van der Waals surface area contributed by atoms with Crippen LogP contribution in [0.4, 0.5) is 5.82 Å². The zero-order valence-corrected chi connectivity index (χ0v) is 12.8. The van der Waals surface area contributed by atoms with Gasteiger partial charge in [0.15, 0.2) is 5.43 Å². The highest BCUT2D eigenvalue weighted by Gasteiger charge is 2.14. The van der Waals surface area contributed by atoms with Gasteiger partial charge in [0.25, 0.3) is 0 Å². The van der Waals surface area contributed by atoms with E-state index in [9.17, 15) is 4.79 Å². The predicted octanol–water partition coefficient (Wildman–Crippen LogP) is 2.83. The first-order valence-electron chi connectivity index (χ1n) is 8.08. The molecule has 3 heterocycles. The Bertz CT molecular complexity index is 876. The molecule has 1 saturated carbocycles. The van der Waals surface area contributed by atoms with Gasteiger partial charge in [-0.2, -0.15) is 0 Å². The van der Waals surface area contributed by atoms with E-state index >= 15 is 0 Å². The standard InChI is InChI=1S/C17H19N5O/c23-13-6-7-22-15(10-19-17(22)8-13)14-9-18-11-16(21-14)20-12-4-2-1-3-5-12/h6-12,19H,1-5H2,(H,20,21). The summed E-state index contributed by atoms with van der Waals surface area (Å²) in [5.41, 5.74) is 2.40. The lowest BCUT2D eigenvalue weighted by molar-refractivity contribution is 0.462. The fourth-order valence-corrected chi connectivity index (χ4v) is 3.23. The molecule has 0 aliphatic heterocycles. The molecule has 0 radical (unpaired) electrons. The van der Waals surface area contributed by atoms with Crippen molar-refractivity contribution in [1.82, 2.24) is 19.4 Å². The molecule has 4 rings (SSSR count). The molecule has 1 aliphatic carbocycles. The average molecular weight is 309 g/mol. The number of imidazole rings is 1. The predicted molar refractivity (Wildman–Crippen MR) is 89.5 cm³/mol. The summed E-state index contributed by atoms with van der Waals surface area (Å²) in [6.07, 6.45) is 13.4. The Morgan fingerprint density at radius 3 is 2.96 bits per heavy atom. The van der Waals surface area contributed by atoms with Crippen LogP contribution in [0.5, 0.6) is 0 Å². The van der Waals surface area contributed by atoms with E-state index in [0.29, 0.717) is 6.04 Å². The van der Waals surface area contributed by atoms with Crippen molar-refractivity contribution in [3.8, 4) is 11.4 Å². The minimum atomic E-state index is -0.0165. The lowest BCUT2D eigenvalue weighted by Crippen LogP contribution is -2.22. The van der Waals surface area contributed by atoms with Gasteiger partial charge in [-0.1, -0.05) is 19.3 Å². The number of aromatic nitrogens is 4. The molecule has 0 saturated heterocycles. The second-order valence-corrected chi connectivity index (χ2v) is 6.06. The van der Waals surface area contributed by atoms with Crippen molar-refractivity contribution in [3.63, 3.8) is 0 Å². The van der Waals surface area contributed by atoms with Crippen LogP contribution in [0, 0.1) is 0 Å². The van der Waals surface area contributed by atoms with Gasteiger partial charge in [0.1, 0.15) is 17.2 Å². The molecular formula is C17H19N5O. The zero-order chi connectivity index (χ0) is 15.6. The lowest BCUT2D eigenvalue weighted by Gasteiger charge is -2.23. The molecule has 0 unspecified atom stereocenters. The zero-order valence-electron chi connectivity index (χ0n) is 12.8. The van der Waals surface area contributed by atoms with Crippen LogP contribution in [0.15, 0.2) is 41.7 Å². The van der Waals surface area contributed by atoms with E-state index in [1.165, 1.54) is 32.1 Å². The fraction of sp³-hybridized carbons (Fsp3) is 0.353. The second-order valence-electron chi connectivity index (χ2n) is 6.06. The largest absolute Gasteiger partial charge is 0.366 e. The molecule has 1 fully saturated rings. The Kier molecular flexibility index (Phi) is 3.57. The summed E-state index contributed by atoms with van der Waals surface area (Å²) >= 11 is 0. The third-order valence-corrected chi connectivity index (χ3v) is 4.40. The maximum Gasteiger partial charge on any atom is 0.183 e. The highest BCUT2D eigenvalue weighted by molar-refractivity contribution is 5.60. The van der Waals surface area contributed by atoms with Gasteiger partial charge in [0.2, 0.25) is 0 Å². The molecular weight excluding hydrogens is 290 g/mol. The van der Waals surface area contributed by atoms with Crippen LogP contribution >= 0.6 is 0 Å². The molecule has 3 aromatic heterocycles. The minimum absolute atomic E-state index is 0.0165.